The molecule has 1 atom stereocenters. The first-order valence-electron chi connectivity index (χ1n) is 14.0. The molecule has 0 spiro atoms. The molecule has 0 saturated heterocycles. The highest BCUT2D eigenvalue weighted by atomic mass is 32.2. The Balaban J connectivity index is 4.28. The van der Waals surface area contributed by atoms with E-state index in [4.69, 9.17) is 0 Å². The molecule has 5 heteroatoms. The zero-order chi connectivity index (χ0) is 24.1. The van der Waals surface area contributed by atoms with Gasteiger partial charge in [-0.2, -0.15) is 0 Å². The summed E-state index contributed by atoms with van der Waals surface area (Å²) in [6.45, 7) is 5.31. The molecule has 0 radical (unpaired) electrons. The third-order valence-electron chi connectivity index (χ3n) is 7.15. The summed E-state index contributed by atoms with van der Waals surface area (Å²) in [4.78, 5) is 0. The fourth-order valence-corrected chi connectivity index (χ4v) is 5.36. The Morgan fingerprint density at radius 2 is 0.938 bits per heavy atom. The van der Waals surface area contributed by atoms with Crippen LogP contribution in [0.3, 0.4) is 0 Å². The lowest BCUT2D eigenvalue weighted by molar-refractivity contribution is -0.915. The van der Waals surface area contributed by atoms with Gasteiger partial charge in [0.25, 0.3) is 0 Å². The molecule has 32 heavy (non-hydrogen) atoms. The third-order valence-corrected chi connectivity index (χ3v) is 7.94. The van der Waals surface area contributed by atoms with E-state index >= 15 is 0 Å². The first-order valence-corrected chi connectivity index (χ1v) is 15.6. The molecule has 0 rings (SSSR count). The predicted molar refractivity (Wildman–Crippen MR) is 139 cm³/mol. The quantitative estimate of drug-likeness (QED) is 0.0812. The molecule has 0 aromatic rings. The largest absolute Gasteiger partial charge is 0.748 e. The average molecular weight is 476 g/mol. The molecule has 0 amide bonds. The molecular formula is C27H57NO3S. The number of quaternary nitrogens is 1. The summed E-state index contributed by atoms with van der Waals surface area (Å²) in [5.74, 6) is -0.225. The molecule has 0 bridgehead atoms. The van der Waals surface area contributed by atoms with E-state index in [1.54, 1.807) is 0 Å². The van der Waals surface area contributed by atoms with Crippen molar-refractivity contribution < 1.29 is 17.5 Å². The van der Waals surface area contributed by atoms with Gasteiger partial charge in [0.1, 0.15) is 0 Å². The Kier molecular flexibility index (Phi) is 20.2. The van der Waals surface area contributed by atoms with E-state index in [1.807, 2.05) is 0 Å². The maximum absolute atomic E-state index is 11.0. The Morgan fingerprint density at radius 3 is 1.28 bits per heavy atom. The highest BCUT2D eigenvalue weighted by Gasteiger charge is 2.27. The van der Waals surface area contributed by atoms with Gasteiger partial charge in [0.05, 0.1) is 36.8 Å². The Morgan fingerprint density at radius 1 is 0.594 bits per heavy atom. The number of rotatable bonds is 24. The Labute approximate surface area is 202 Å². The van der Waals surface area contributed by atoms with Crippen molar-refractivity contribution in [2.45, 2.75) is 148 Å². The van der Waals surface area contributed by atoms with E-state index in [0.29, 0.717) is 12.5 Å². The second-order valence-electron chi connectivity index (χ2n) is 10.7. The SMILES string of the molecule is CCCCCCCCCCCCC(CCCCCCCCC)[N+](C)(C)CCCS(=O)(=O)[O-]. The summed E-state index contributed by atoms with van der Waals surface area (Å²) in [7, 11) is 0.370. The van der Waals surface area contributed by atoms with Gasteiger partial charge in [0.2, 0.25) is 0 Å². The molecule has 0 aliphatic rings. The van der Waals surface area contributed by atoms with Gasteiger partial charge < -0.3 is 9.04 Å². The molecule has 0 saturated carbocycles. The highest BCUT2D eigenvalue weighted by molar-refractivity contribution is 7.85. The molecule has 194 valence electrons. The zero-order valence-corrected chi connectivity index (χ0v) is 23.0. The lowest BCUT2D eigenvalue weighted by Gasteiger charge is -2.39. The molecule has 0 fully saturated rings. The minimum atomic E-state index is -4.10. The fraction of sp³-hybridized carbons (Fsp3) is 1.00. The van der Waals surface area contributed by atoms with Gasteiger partial charge in [-0.3, -0.25) is 0 Å². The van der Waals surface area contributed by atoms with E-state index in [1.165, 1.54) is 122 Å². The molecule has 0 N–H and O–H groups in total. The van der Waals surface area contributed by atoms with Crippen LogP contribution >= 0.6 is 0 Å². The van der Waals surface area contributed by atoms with Crippen molar-refractivity contribution in [1.29, 1.82) is 0 Å². The predicted octanol–water partition coefficient (Wildman–Crippen LogP) is 7.82. The Hall–Kier alpha value is -0.130. The van der Waals surface area contributed by atoms with E-state index in [-0.39, 0.29) is 5.75 Å². The topological polar surface area (TPSA) is 57.2 Å². The number of hydrogen-bond acceptors (Lipinski definition) is 3. The zero-order valence-electron chi connectivity index (χ0n) is 22.2. The number of unbranched alkanes of at least 4 members (excludes halogenated alkanes) is 15. The summed E-state index contributed by atoms with van der Waals surface area (Å²) in [5.41, 5.74) is 0. The minimum absolute atomic E-state index is 0.225. The first-order chi connectivity index (χ1) is 15.2. The van der Waals surface area contributed by atoms with Crippen LogP contribution in [0.2, 0.25) is 0 Å². The van der Waals surface area contributed by atoms with Crippen LogP contribution in [0.1, 0.15) is 142 Å². The van der Waals surface area contributed by atoms with Crippen molar-refractivity contribution in [3.8, 4) is 0 Å². The summed E-state index contributed by atoms with van der Waals surface area (Å²) in [6.07, 6.45) is 25.8. The van der Waals surface area contributed by atoms with Gasteiger partial charge in [0.15, 0.2) is 0 Å². The van der Waals surface area contributed by atoms with Crippen LogP contribution < -0.4 is 0 Å². The third kappa shape index (κ3) is 20.5. The average Bonchev–Trinajstić information content (AvgIpc) is 2.71. The van der Waals surface area contributed by atoms with Gasteiger partial charge in [-0.1, -0.05) is 110 Å². The first kappa shape index (κ1) is 31.9. The van der Waals surface area contributed by atoms with Crippen molar-refractivity contribution in [1.82, 2.24) is 0 Å². The van der Waals surface area contributed by atoms with Crippen LogP contribution in [-0.4, -0.2) is 49.9 Å². The molecule has 0 aliphatic carbocycles. The van der Waals surface area contributed by atoms with Gasteiger partial charge in [-0.15, -0.1) is 0 Å². The van der Waals surface area contributed by atoms with Crippen LogP contribution in [0.15, 0.2) is 0 Å². The van der Waals surface area contributed by atoms with Gasteiger partial charge >= 0.3 is 0 Å². The van der Waals surface area contributed by atoms with Crippen molar-refractivity contribution in [2.24, 2.45) is 0 Å². The summed E-state index contributed by atoms with van der Waals surface area (Å²) >= 11 is 0. The lowest BCUT2D eigenvalue weighted by atomic mass is 9.97. The molecule has 4 nitrogen and oxygen atoms in total. The van der Waals surface area contributed by atoms with Crippen molar-refractivity contribution in [3.63, 3.8) is 0 Å². The maximum atomic E-state index is 11.0. The standard InChI is InChI=1S/C27H57NO3S/c1-5-7-9-11-13-14-15-17-19-21-24-27(23-20-18-16-12-10-8-6-2)28(3,4)25-22-26-32(29,30)31/h27H,5-26H2,1-4H3. The summed E-state index contributed by atoms with van der Waals surface area (Å²) in [6, 6.07) is 0.578. The molecule has 1 unspecified atom stereocenters. The molecule has 0 aromatic carbocycles. The monoisotopic (exact) mass is 475 g/mol. The van der Waals surface area contributed by atoms with Crippen LogP contribution in [0.4, 0.5) is 0 Å². The molecule has 0 heterocycles. The molecular weight excluding hydrogens is 418 g/mol. The van der Waals surface area contributed by atoms with E-state index in [0.717, 1.165) is 11.0 Å². The van der Waals surface area contributed by atoms with E-state index in [9.17, 15) is 13.0 Å². The fourth-order valence-electron chi connectivity index (χ4n) is 4.88. The van der Waals surface area contributed by atoms with Crippen LogP contribution in [0.5, 0.6) is 0 Å². The highest BCUT2D eigenvalue weighted by Crippen LogP contribution is 2.23. The maximum Gasteiger partial charge on any atom is 0.0948 e. The van der Waals surface area contributed by atoms with Gasteiger partial charge in [-0.05, 0) is 25.7 Å². The van der Waals surface area contributed by atoms with Crippen molar-refractivity contribution in [3.05, 3.63) is 0 Å². The second-order valence-corrected chi connectivity index (χ2v) is 12.2. The van der Waals surface area contributed by atoms with Crippen molar-refractivity contribution in [2.75, 3.05) is 26.4 Å². The van der Waals surface area contributed by atoms with Gasteiger partial charge in [0, 0.05) is 12.2 Å². The van der Waals surface area contributed by atoms with Crippen LogP contribution in [-0.2, 0) is 10.1 Å². The molecule has 0 aromatic heterocycles. The summed E-state index contributed by atoms with van der Waals surface area (Å²) in [5, 5.41) is 0. The summed E-state index contributed by atoms with van der Waals surface area (Å²) < 4.78 is 33.9. The Bertz CT molecular complexity index is 505. The normalized spacial score (nSPS) is 13.5. The van der Waals surface area contributed by atoms with E-state index in [2.05, 4.69) is 27.9 Å². The smallest absolute Gasteiger partial charge is 0.0948 e. The minimum Gasteiger partial charge on any atom is -0.748 e. The van der Waals surface area contributed by atoms with Crippen LogP contribution in [0, 0.1) is 0 Å². The van der Waals surface area contributed by atoms with E-state index < -0.39 is 10.1 Å². The number of hydrogen-bond donors (Lipinski definition) is 0. The molecule has 0 aliphatic heterocycles. The van der Waals surface area contributed by atoms with Crippen LogP contribution in [0.25, 0.3) is 0 Å². The second kappa shape index (κ2) is 20.3. The number of nitrogens with zero attached hydrogens (tertiary/aromatic N) is 1. The lowest BCUT2D eigenvalue weighted by Crippen LogP contribution is -2.49. The van der Waals surface area contributed by atoms with Crippen molar-refractivity contribution >= 4 is 10.1 Å². The van der Waals surface area contributed by atoms with Gasteiger partial charge in [-0.25, -0.2) is 8.42 Å².